The number of hydrogen-bond donors (Lipinski definition) is 0. The summed E-state index contributed by atoms with van der Waals surface area (Å²) in [4.78, 5) is 8.09. The number of aromatic nitrogens is 3. The van der Waals surface area contributed by atoms with Crippen molar-refractivity contribution >= 4 is 22.5 Å². The zero-order valence-corrected chi connectivity index (χ0v) is 10.8. The molecule has 0 saturated heterocycles. The Kier molecular flexibility index (Phi) is 3.17. The van der Waals surface area contributed by atoms with Crippen LogP contribution < -0.4 is 0 Å². The Balaban J connectivity index is 2.23. The lowest BCUT2D eigenvalue weighted by Crippen LogP contribution is -1.96. The second-order valence-corrected chi connectivity index (χ2v) is 4.49. The molecule has 1 aromatic carbocycles. The third-order valence-corrected chi connectivity index (χ3v) is 3.20. The monoisotopic (exact) mass is 275 g/mol. The highest BCUT2D eigenvalue weighted by molar-refractivity contribution is 6.28. The standard InChI is InChI=1S/C14H11ClFN3/c15-14-17-7-5-12(18-14)11-9-19(8-6-16)13-4-2-1-3-10(11)13/h1-5,7,9H,6,8H2. The van der Waals surface area contributed by atoms with Gasteiger partial charge in [-0.05, 0) is 23.7 Å². The molecule has 0 saturated carbocycles. The number of halogens is 2. The fraction of sp³-hybridized carbons (Fsp3) is 0.143. The second-order valence-electron chi connectivity index (χ2n) is 4.15. The van der Waals surface area contributed by atoms with Gasteiger partial charge in [-0.1, -0.05) is 18.2 Å². The minimum Gasteiger partial charge on any atom is -0.344 e. The third-order valence-electron chi connectivity index (χ3n) is 3.02. The highest BCUT2D eigenvalue weighted by Crippen LogP contribution is 2.29. The largest absolute Gasteiger partial charge is 0.344 e. The van der Waals surface area contributed by atoms with E-state index >= 15 is 0 Å². The van der Waals surface area contributed by atoms with Gasteiger partial charge in [0.15, 0.2) is 0 Å². The average molecular weight is 276 g/mol. The van der Waals surface area contributed by atoms with E-state index in [1.54, 1.807) is 12.3 Å². The van der Waals surface area contributed by atoms with Gasteiger partial charge in [0.25, 0.3) is 0 Å². The van der Waals surface area contributed by atoms with Crippen LogP contribution in [0.2, 0.25) is 5.28 Å². The molecule has 19 heavy (non-hydrogen) atoms. The lowest BCUT2D eigenvalue weighted by molar-refractivity contribution is 0.451. The zero-order chi connectivity index (χ0) is 13.2. The van der Waals surface area contributed by atoms with E-state index in [2.05, 4.69) is 9.97 Å². The van der Waals surface area contributed by atoms with E-state index < -0.39 is 6.67 Å². The van der Waals surface area contributed by atoms with Gasteiger partial charge in [-0.25, -0.2) is 14.4 Å². The highest BCUT2D eigenvalue weighted by Gasteiger charge is 2.11. The van der Waals surface area contributed by atoms with Crippen LogP contribution in [0.15, 0.2) is 42.7 Å². The van der Waals surface area contributed by atoms with E-state index in [4.69, 9.17) is 11.6 Å². The Morgan fingerprint density at radius 1 is 1.21 bits per heavy atom. The molecule has 3 nitrogen and oxygen atoms in total. The van der Waals surface area contributed by atoms with E-state index in [0.717, 1.165) is 22.2 Å². The van der Waals surface area contributed by atoms with Gasteiger partial charge in [-0.2, -0.15) is 0 Å². The summed E-state index contributed by atoms with van der Waals surface area (Å²) in [7, 11) is 0. The van der Waals surface area contributed by atoms with E-state index in [-0.39, 0.29) is 5.28 Å². The quantitative estimate of drug-likeness (QED) is 0.682. The summed E-state index contributed by atoms with van der Waals surface area (Å²) in [5.74, 6) is 0. The van der Waals surface area contributed by atoms with Crippen molar-refractivity contribution in [1.29, 1.82) is 0 Å². The Morgan fingerprint density at radius 3 is 2.84 bits per heavy atom. The molecule has 0 bridgehead atoms. The van der Waals surface area contributed by atoms with Crippen LogP contribution in [0, 0.1) is 0 Å². The molecule has 0 fully saturated rings. The Hall–Kier alpha value is -1.94. The molecule has 3 rings (SSSR count). The first-order chi connectivity index (χ1) is 9.29. The molecule has 2 heterocycles. The number of fused-ring (bicyclic) bond motifs is 1. The maximum atomic E-state index is 12.6. The maximum absolute atomic E-state index is 12.6. The molecule has 0 amide bonds. The first-order valence-electron chi connectivity index (χ1n) is 5.92. The summed E-state index contributed by atoms with van der Waals surface area (Å²) in [5, 5.41) is 1.24. The fourth-order valence-corrected chi connectivity index (χ4v) is 2.36. The van der Waals surface area contributed by atoms with Gasteiger partial charge >= 0.3 is 0 Å². The topological polar surface area (TPSA) is 30.7 Å². The minimum absolute atomic E-state index is 0.208. The van der Waals surface area contributed by atoms with E-state index in [9.17, 15) is 4.39 Å². The van der Waals surface area contributed by atoms with E-state index in [1.165, 1.54) is 0 Å². The van der Waals surface area contributed by atoms with Crippen LogP contribution in [-0.2, 0) is 6.54 Å². The number of aryl methyl sites for hydroxylation is 1. The van der Waals surface area contributed by atoms with Crippen molar-refractivity contribution in [3.8, 4) is 11.3 Å². The summed E-state index contributed by atoms with van der Waals surface area (Å²) in [6.07, 6.45) is 3.52. The van der Waals surface area contributed by atoms with Crippen LogP contribution in [-0.4, -0.2) is 21.2 Å². The van der Waals surface area contributed by atoms with Gasteiger partial charge < -0.3 is 4.57 Å². The normalized spacial score (nSPS) is 11.1. The smallest absolute Gasteiger partial charge is 0.222 e. The van der Waals surface area contributed by atoms with Crippen LogP contribution in [0.4, 0.5) is 4.39 Å². The lowest BCUT2D eigenvalue weighted by Gasteiger charge is -1.99. The van der Waals surface area contributed by atoms with Crippen molar-refractivity contribution in [1.82, 2.24) is 14.5 Å². The zero-order valence-electron chi connectivity index (χ0n) is 10.1. The van der Waals surface area contributed by atoms with Gasteiger partial charge in [0, 0.05) is 28.9 Å². The first-order valence-corrected chi connectivity index (χ1v) is 6.30. The van der Waals surface area contributed by atoms with Crippen molar-refractivity contribution in [3.63, 3.8) is 0 Å². The molecule has 0 aliphatic heterocycles. The molecule has 0 radical (unpaired) electrons. The second kappa shape index (κ2) is 4.97. The van der Waals surface area contributed by atoms with Crippen molar-refractivity contribution in [2.75, 3.05) is 6.67 Å². The van der Waals surface area contributed by atoms with E-state index in [1.807, 2.05) is 35.0 Å². The maximum Gasteiger partial charge on any atom is 0.222 e. The molecule has 0 unspecified atom stereocenters. The molecule has 0 aliphatic carbocycles. The fourth-order valence-electron chi connectivity index (χ4n) is 2.21. The summed E-state index contributed by atoms with van der Waals surface area (Å²) >= 11 is 5.82. The van der Waals surface area contributed by atoms with Crippen molar-refractivity contribution < 1.29 is 4.39 Å². The molecular formula is C14H11ClFN3. The molecule has 0 aliphatic rings. The van der Waals surface area contributed by atoms with Gasteiger partial charge in [0.2, 0.25) is 5.28 Å². The van der Waals surface area contributed by atoms with Gasteiger partial charge in [-0.15, -0.1) is 0 Å². The number of nitrogens with zero attached hydrogens (tertiary/aromatic N) is 3. The lowest BCUT2D eigenvalue weighted by atomic mass is 10.1. The molecule has 0 spiro atoms. The number of para-hydroxylation sites is 1. The highest BCUT2D eigenvalue weighted by atomic mass is 35.5. The minimum atomic E-state index is -0.400. The van der Waals surface area contributed by atoms with Gasteiger partial charge in [0.05, 0.1) is 12.2 Å². The van der Waals surface area contributed by atoms with Crippen molar-refractivity contribution in [3.05, 3.63) is 48.0 Å². The average Bonchev–Trinajstić information content (AvgIpc) is 2.79. The Labute approximate surface area is 114 Å². The summed E-state index contributed by atoms with van der Waals surface area (Å²) in [6.45, 7) is -0.0675. The van der Waals surface area contributed by atoms with E-state index in [0.29, 0.717) is 6.54 Å². The molecule has 3 aromatic rings. The molecular weight excluding hydrogens is 265 g/mol. The predicted molar refractivity (Wildman–Crippen MR) is 73.9 cm³/mol. The number of hydrogen-bond acceptors (Lipinski definition) is 2. The van der Waals surface area contributed by atoms with Gasteiger partial charge in [-0.3, -0.25) is 0 Å². The number of benzene rings is 1. The Bertz CT molecular complexity index is 724. The molecule has 96 valence electrons. The van der Waals surface area contributed by atoms with Crippen LogP contribution in [0.3, 0.4) is 0 Å². The van der Waals surface area contributed by atoms with Crippen LogP contribution >= 0.6 is 11.6 Å². The summed E-state index contributed by atoms with van der Waals surface area (Å²) < 4.78 is 14.5. The van der Waals surface area contributed by atoms with Crippen LogP contribution in [0.5, 0.6) is 0 Å². The first kappa shape index (κ1) is 12.1. The Morgan fingerprint density at radius 2 is 2.05 bits per heavy atom. The molecule has 0 N–H and O–H groups in total. The van der Waals surface area contributed by atoms with Crippen LogP contribution in [0.1, 0.15) is 0 Å². The molecule has 0 atom stereocenters. The number of alkyl halides is 1. The third kappa shape index (κ3) is 2.19. The number of rotatable bonds is 3. The summed E-state index contributed by atoms with van der Waals surface area (Å²) in [6, 6.07) is 9.66. The summed E-state index contributed by atoms with van der Waals surface area (Å²) in [5.41, 5.74) is 2.67. The van der Waals surface area contributed by atoms with Gasteiger partial charge in [0.1, 0.15) is 6.67 Å². The van der Waals surface area contributed by atoms with Crippen molar-refractivity contribution in [2.24, 2.45) is 0 Å². The predicted octanol–water partition coefficient (Wildman–Crippen LogP) is 3.72. The van der Waals surface area contributed by atoms with Crippen LogP contribution in [0.25, 0.3) is 22.2 Å². The van der Waals surface area contributed by atoms with Crippen molar-refractivity contribution in [2.45, 2.75) is 6.54 Å². The molecule has 2 aromatic heterocycles. The molecule has 5 heteroatoms. The SMILES string of the molecule is FCCn1cc(-c2ccnc(Cl)n2)c2ccccc21.